The molecule has 0 aliphatic rings. The van der Waals surface area contributed by atoms with Gasteiger partial charge in [0.05, 0.1) is 46.5 Å². The van der Waals surface area contributed by atoms with E-state index in [4.69, 9.17) is 28.4 Å². The Morgan fingerprint density at radius 1 is 0.558 bits per heavy atom. The van der Waals surface area contributed by atoms with Gasteiger partial charge >= 0.3 is 0 Å². The van der Waals surface area contributed by atoms with E-state index in [-0.39, 0.29) is 33.0 Å². The summed E-state index contributed by atoms with van der Waals surface area (Å²) in [5.41, 5.74) is 0.240. The number of hydrogen-bond donors (Lipinski definition) is 0. The maximum absolute atomic E-state index is 13.9. The van der Waals surface area contributed by atoms with Crippen LogP contribution in [0.5, 0.6) is 34.5 Å². The molecule has 1 radical (unpaired) electrons. The molecule has 0 N–H and O–H groups in total. The van der Waals surface area contributed by atoms with Crippen molar-refractivity contribution in [2.45, 2.75) is 97.8 Å². The van der Waals surface area contributed by atoms with Crippen molar-refractivity contribution in [1.29, 1.82) is 0 Å². The molecule has 0 bridgehead atoms. The largest absolute Gasteiger partial charge is 0.496 e. The zero-order chi connectivity index (χ0) is 30.6. The smallest absolute Gasteiger partial charge is 0.193 e. The number of benzene rings is 2. The van der Waals surface area contributed by atoms with Crippen LogP contribution in [0.3, 0.4) is 0 Å². The second-order valence-electron chi connectivity index (χ2n) is 10.4. The van der Waals surface area contributed by atoms with Crippen LogP contribution in [0, 0.1) is 0 Å². The molecule has 7 nitrogen and oxygen atoms in total. The summed E-state index contributed by atoms with van der Waals surface area (Å²) in [7, 11) is 4.37. The third kappa shape index (κ3) is 13.6. The molecule has 237 valence electrons. The van der Waals surface area contributed by atoms with Gasteiger partial charge < -0.3 is 28.4 Å². The van der Waals surface area contributed by atoms with Crippen LogP contribution >= 0.6 is 8.58 Å². The quantitative estimate of drug-likeness (QED) is 0.0671. The van der Waals surface area contributed by atoms with Crippen LogP contribution in [0.1, 0.15) is 108 Å². The summed E-state index contributed by atoms with van der Waals surface area (Å²) in [4.78, 5) is 13.9. The summed E-state index contributed by atoms with van der Waals surface area (Å²) in [5.74, 6) is 3.34. The number of carbonyl (C=O) groups excluding carboxylic acids is 1. The van der Waals surface area contributed by atoms with Gasteiger partial charge in [0.25, 0.3) is 0 Å². The van der Waals surface area contributed by atoms with Gasteiger partial charge in [-0.3, -0.25) is 4.79 Å². The fourth-order valence-electron chi connectivity index (χ4n) is 4.55. The van der Waals surface area contributed by atoms with Crippen LogP contribution in [-0.4, -0.2) is 65.5 Å². The van der Waals surface area contributed by atoms with Crippen molar-refractivity contribution in [3.05, 3.63) is 29.8 Å². The van der Waals surface area contributed by atoms with Gasteiger partial charge in [0.15, 0.2) is 5.52 Å². The van der Waals surface area contributed by atoms with Gasteiger partial charge in [-0.05, 0) is 27.8 Å². The van der Waals surface area contributed by atoms with Gasteiger partial charge in [-0.25, -0.2) is 0 Å². The third-order valence-electron chi connectivity index (χ3n) is 7.00. The van der Waals surface area contributed by atoms with Crippen molar-refractivity contribution in [2.75, 3.05) is 41.2 Å². The molecule has 0 aliphatic heterocycles. The van der Waals surface area contributed by atoms with E-state index in [0.29, 0.717) is 59.9 Å². The molecule has 0 saturated carbocycles. The van der Waals surface area contributed by atoms with Crippen molar-refractivity contribution >= 4 is 38.3 Å². The molecule has 2 rings (SSSR count). The molecule has 1 unspecified atom stereocenters. The number of hydrogen-bond acceptors (Lipinski definition) is 7. The topological polar surface area (TPSA) is 72.5 Å². The normalized spacial score (nSPS) is 10.8. The Morgan fingerprint density at radius 3 is 1.37 bits per heavy atom. The minimum atomic E-state index is -0.273. The minimum Gasteiger partial charge on any atom is -0.496 e. The van der Waals surface area contributed by atoms with E-state index in [0.717, 1.165) is 56.7 Å². The van der Waals surface area contributed by atoms with E-state index in [9.17, 15) is 4.79 Å². The summed E-state index contributed by atoms with van der Waals surface area (Å²) in [6, 6.07) is 7.24. The van der Waals surface area contributed by atoms with Crippen LogP contribution in [-0.2, 0) is 0 Å². The number of unbranched alkanes of at least 4 members (excludes halogenated alkanes) is 9. The van der Waals surface area contributed by atoms with Crippen molar-refractivity contribution in [2.24, 2.45) is 0 Å². The second-order valence-corrected chi connectivity index (χ2v) is 11.6. The predicted molar refractivity (Wildman–Crippen MR) is 179 cm³/mol. The number of ether oxygens (including phenoxy) is 6. The van der Waals surface area contributed by atoms with E-state index in [1.807, 2.05) is 12.1 Å². The Labute approximate surface area is 274 Å². The van der Waals surface area contributed by atoms with Crippen molar-refractivity contribution in [3.63, 3.8) is 0 Å². The van der Waals surface area contributed by atoms with Crippen LogP contribution in [0.2, 0.25) is 0 Å². The van der Waals surface area contributed by atoms with Crippen LogP contribution < -0.4 is 33.7 Å². The van der Waals surface area contributed by atoms with Crippen LogP contribution in [0.25, 0.3) is 0 Å². The maximum atomic E-state index is 13.9. The first-order valence-corrected chi connectivity index (χ1v) is 16.7. The van der Waals surface area contributed by atoms with E-state index in [2.05, 4.69) is 20.8 Å². The van der Waals surface area contributed by atoms with Gasteiger partial charge in [0.2, 0.25) is 0 Å². The molecule has 2 aromatic carbocycles. The molecule has 0 heterocycles. The average Bonchev–Trinajstić information content (AvgIpc) is 3.01. The summed E-state index contributed by atoms with van der Waals surface area (Å²) < 4.78 is 35.4. The molecule has 0 spiro atoms. The molecule has 9 heteroatoms. The first-order valence-electron chi connectivity index (χ1n) is 15.7. The van der Waals surface area contributed by atoms with Gasteiger partial charge in [-0.1, -0.05) is 78.6 Å². The van der Waals surface area contributed by atoms with Crippen molar-refractivity contribution < 1.29 is 33.2 Å². The molecule has 0 aliphatic carbocycles. The molecular weight excluding hydrogens is 558 g/mol. The molecular formula is C34H53LiO7P. The minimum absolute atomic E-state index is 0. The monoisotopic (exact) mass is 611 g/mol. The third-order valence-corrected chi connectivity index (χ3v) is 8.22. The van der Waals surface area contributed by atoms with E-state index in [1.54, 1.807) is 19.2 Å². The van der Waals surface area contributed by atoms with Crippen LogP contribution in [0.15, 0.2) is 24.3 Å². The zero-order valence-corrected chi connectivity index (χ0v) is 28.8. The SMILES string of the molecule is CCCCCCOc1cc(OCCCCCC)c(PC(=O)c2c(OC)cc(OC)cc2OC)c(OCCCCCC)c1.[Li]. The molecule has 0 amide bonds. The van der Waals surface area contributed by atoms with Gasteiger partial charge in [0.1, 0.15) is 40.1 Å². The number of rotatable bonds is 24. The Bertz CT molecular complexity index is 1000. The molecule has 1 atom stereocenters. The summed E-state index contributed by atoms with van der Waals surface area (Å²) in [5, 5.41) is 0.740. The summed E-state index contributed by atoms with van der Waals surface area (Å²) in [6.45, 7) is 8.35. The maximum Gasteiger partial charge on any atom is 0.193 e. The zero-order valence-electron chi connectivity index (χ0n) is 27.8. The Kier molecular flexibility index (Phi) is 21.1. The number of methoxy groups -OCH3 is 3. The summed E-state index contributed by atoms with van der Waals surface area (Å²) >= 11 is 0. The summed E-state index contributed by atoms with van der Waals surface area (Å²) in [6.07, 6.45) is 13.2. The predicted octanol–water partition coefficient (Wildman–Crippen LogP) is 8.35. The Morgan fingerprint density at radius 2 is 0.977 bits per heavy atom. The first kappa shape index (κ1) is 39.0. The standard InChI is InChI=1S/C34H53O7P.Li/c1-7-10-13-16-19-39-27-24-30(40-20-17-14-11-8-2)33(31(25-27)41-21-18-15-12-9-3)42-34(35)32-28(37-5)22-26(36-4)23-29(32)38-6;/h22-25,42H,7-21H2,1-6H3;. The van der Waals surface area contributed by atoms with Crippen LogP contribution in [0.4, 0.5) is 0 Å². The van der Waals surface area contributed by atoms with Gasteiger partial charge in [-0.15, -0.1) is 0 Å². The molecule has 0 saturated heterocycles. The fraction of sp³-hybridized carbons (Fsp3) is 0.618. The molecule has 2 aromatic rings. The first-order chi connectivity index (χ1) is 20.5. The van der Waals surface area contributed by atoms with E-state index >= 15 is 0 Å². The fourth-order valence-corrected chi connectivity index (χ4v) is 5.68. The molecule has 0 fully saturated rings. The van der Waals surface area contributed by atoms with E-state index in [1.165, 1.54) is 39.9 Å². The van der Waals surface area contributed by atoms with Gasteiger partial charge in [-0.2, -0.15) is 0 Å². The Hall–Kier alpha value is -2.06. The van der Waals surface area contributed by atoms with Crippen molar-refractivity contribution in [3.8, 4) is 34.5 Å². The van der Waals surface area contributed by atoms with Gasteiger partial charge in [0, 0.05) is 43.1 Å². The Balaban J connectivity index is 0.00000924. The molecule has 0 aromatic heterocycles. The van der Waals surface area contributed by atoms with Crippen molar-refractivity contribution in [1.82, 2.24) is 0 Å². The van der Waals surface area contributed by atoms with E-state index < -0.39 is 0 Å². The average molecular weight is 612 g/mol. The molecule has 43 heavy (non-hydrogen) atoms. The number of carbonyl (C=O) groups is 1. The second kappa shape index (κ2) is 23.3.